The van der Waals surface area contributed by atoms with Gasteiger partial charge in [0.2, 0.25) is 0 Å². The van der Waals surface area contributed by atoms with Crippen molar-refractivity contribution < 1.29 is 19.0 Å². The average molecular weight is 245 g/mol. The van der Waals surface area contributed by atoms with Gasteiger partial charge in [0, 0.05) is 19.8 Å². The third kappa shape index (κ3) is 5.02. The monoisotopic (exact) mass is 245 g/mol. The Kier molecular flexibility index (Phi) is 5.88. The molecule has 1 rings (SSSR count). The van der Waals surface area contributed by atoms with E-state index in [1.165, 1.54) is 7.11 Å². The van der Waals surface area contributed by atoms with Gasteiger partial charge >= 0.3 is 5.97 Å². The predicted molar refractivity (Wildman–Crippen MR) is 63.6 cm³/mol. The Hall–Kier alpha value is -0.650. The van der Waals surface area contributed by atoms with Crippen LogP contribution in [0.2, 0.25) is 0 Å². The number of hydrogen-bond donors (Lipinski definition) is 1. The molecule has 1 aliphatic heterocycles. The Morgan fingerprint density at radius 1 is 1.47 bits per heavy atom. The Morgan fingerprint density at radius 3 is 2.71 bits per heavy atom. The van der Waals surface area contributed by atoms with Gasteiger partial charge in [-0.1, -0.05) is 0 Å². The van der Waals surface area contributed by atoms with Gasteiger partial charge in [-0.3, -0.25) is 4.79 Å². The first-order chi connectivity index (χ1) is 8.06. The number of methoxy groups -OCH3 is 1. The smallest absolute Gasteiger partial charge is 0.325 e. The fraction of sp³-hybridized carbons (Fsp3) is 0.917. The third-order valence-corrected chi connectivity index (χ3v) is 3.01. The number of nitrogens with two attached hydrogens (primary N) is 1. The molecule has 5 heteroatoms. The molecule has 0 amide bonds. The summed E-state index contributed by atoms with van der Waals surface area (Å²) in [4.78, 5) is 11.3. The second-order valence-electron chi connectivity index (χ2n) is 4.70. The molecule has 2 N–H and O–H groups in total. The fourth-order valence-corrected chi connectivity index (χ4v) is 1.87. The molecular formula is C12H23NO4. The summed E-state index contributed by atoms with van der Waals surface area (Å²) >= 11 is 0. The van der Waals surface area contributed by atoms with E-state index in [0.29, 0.717) is 19.1 Å². The first-order valence-corrected chi connectivity index (χ1v) is 6.13. The van der Waals surface area contributed by atoms with Crippen LogP contribution in [0.4, 0.5) is 0 Å². The van der Waals surface area contributed by atoms with E-state index < -0.39 is 5.54 Å². The van der Waals surface area contributed by atoms with Crippen LogP contribution in [-0.2, 0) is 19.0 Å². The second kappa shape index (κ2) is 6.93. The van der Waals surface area contributed by atoms with E-state index in [1.54, 1.807) is 6.92 Å². The van der Waals surface area contributed by atoms with Crippen molar-refractivity contribution in [3.05, 3.63) is 0 Å². The number of carbonyl (C=O) groups is 1. The Balaban J connectivity index is 2.12. The van der Waals surface area contributed by atoms with Crippen molar-refractivity contribution in [2.24, 2.45) is 5.73 Å². The van der Waals surface area contributed by atoms with Crippen LogP contribution in [0.1, 0.15) is 32.6 Å². The molecule has 1 heterocycles. The predicted octanol–water partition coefficient (Wildman–Crippen LogP) is 0.853. The lowest BCUT2D eigenvalue weighted by molar-refractivity contribution is -0.146. The lowest BCUT2D eigenvalue weighted by Gasteiger charge is -2.24. The van der Waals surface area contributed by atoms with Crippen LogP contribution >= 0.6 is 0 Å². The normalized spacial score (nSPS) is 20.9. The highest BCUT2D eigenvalue weighted by atomic mass is 16.5. The van der Waals surface area contributed by atoms with E-state index in [9.17, 15) is 4.79 Å². The van der Waals surface area contributed by atoms with Crippen molar-refractivity contribution in [3.63, 3.8) is 0 Å². The molecule has 5 nitrogen and oxygen atoms in total. The quantitative estimate of drug-likeness (QED) is 0.555. The lowest BCUT2D eigenvalue weighted by atomic mass is 9.98. The molecule has 0 spiro atoms. The number of carbonyl (C=O) groups excluding carboxylic acids is 1. The SMILES string of the molecule is COC(=O)C(C)(N)CCCOC1CCOCC1. The molecule has 0 saturated carbocycles. The first-order valence-electron chi connectivity index (χ1n) is 6.13. The van der Waals surface area contributed by atoms with Crippen molar-refractivity contribution >= 4 is 5.97 Å². The molecule has 17 heavy (non-hydrogen) atoms. The average Bonchev–Trinajstić information content (AvgIpc) is 2.35. The zero-order valence-corrected chi connectivity index (χ0v) is 10.7. The Bertz CT molecular complexity index is 237. The van der Waals surface area contributed by atoms with Crippen molar-refractivity contribution in [2.45, 2.75) is 44.2 Å². The van der Waals surface area contributed by atoms with E-state index in [-0.39, 0.29) is 5.97 Å². The lowest BCUT2D eigenvalue weighted by Crippen LogP contribution is -2.45. The molecule has 1 fully saturated rings. The molecule has 0 aromatic carbocycles. The molecule has 1 unspecified atom stereocenters. The summed E-state index contributed by atoms with van der Waals surface area (Å²) in [5.41, 5.74) is 4.93. The first kappa shape index (κ1) is 14.4. The van der Waals surface area contributed by atoms with Crippen molar-refractivity contribution in [1.29, 1.82) is 0 Å². The minimum Gasteiger partial charge on any atom is -0.468 e. The van der Waals surface area contributed by atoms with Gasteiger partial charge in [-0.05, 0) is 32.6 Å². The van der Waals surface area contributed by atoms with E-state index in [0.717, 1.165) is 32.5 Å². The molecule has 1 atom stereocenters. The van der Waals surface area contributed by atoms with Crippen LogP contribution in [0.3, 0.4) is 0 Å². The summed E-state index contributed by atoms with van der Waals surface area (Å²) in [6.45, 7) is 3.88. The van der Waals surface area contributed by atoms with Crippen molar-refractivity contribution in [3.8, 4) is 0 Å². The molecule has 1 aliphatic rings. The summed E-state index contributed by atoms with van der Waals surface area (Å²) in [7, 11) is 1.35. The molecule has 0 aromatic rings. The number of esters is 1. The maximum absolute atomic E-state index is 11.3. The van der Waals surface area contributed by atoms with Crippen LogP contribution in [-0.4, -0.2) is 44.5 Å². The molecular weight excluding hydrogens is 222 g/mol. The highest BCUT2D eigenvalue weighted by Crippen LogP contribution is 2.14. The van der Waals surface area contributed by atoms with Crippen LogP contribution in [0.5, 0.6) is 0 Å². The van der Waals surface area contributed by atoms with Gasteiger partial charge in [0.1, 0.15) is 5.54 Å². The van der Waals surface area contributed by atoms with E-state index in [1.807, 2.05) is 0 Å². The largest absolute Gasteiger partial charge is 0.468 e. The van der Waals surface area contributed by atoms with Crippen LogP contribution in [0.15, 0.2) is 0 Å². The van der Waals surface area contributed by atoms with E-state index in [4.69, 9.17) is 15.2 Å². The van der Waals surface area contributed by atoms with Gasteiger partial charge in [0.05, 0.1) is 13.2 Å². The zero-order valence-electron chi connectivity index (χ0n) is 10.7. The Labute approximate surface area is 103 Å². The van der Waals surface area contributed by atoms with Gasteiger partial charge < -0.3 is 19.9 Å². The number of hydrogen-bond acceptors (Lipinski definition) is 5. The van der Waals surface area contributed by atoms with Gasteiger partial charge in [0.25, 0.3) is 0 Å². The summed E-state index contributed by atoms with van der Waals surface area (Å²) in [5, 5.41) is 0. The fourth-order valence-electron chi connectivity index (χ4n) is 1.87. The van der Waals surface area contributed by atoms with Crippen LogP contribution in [0.25, 0.3) is 0 Å². The minimum atomic E-state index is -0.909. The van der Waals surface area contributed by atoms with E-state index >= 15 is 0 Å². The topological polar surface area (TPSA) is 70.8 Å². The molecule has 0 aliphatic carbocycles. The molecule has 0 bridgehead atoms. The van der Waals surface area contributed by atoms with E-state index in [2.05, 4.69) is 4.74 Å². The van der Waals surface area contributed by atoms with Gasteiger partial charge in [-0.15, -0.1) is 0 Å². The second-order valence-corrected chi connectivity index (χ2v) is 4.70. The maximum atomic E-state index is 11.3. The standard InChI is InChI=1S/C12H23NO4/c1-12(13,11(14)15-2)6-3-7-17-10-4-8-16-9-5-10/h10H,3-9,13H2,1-2H3. The maximum Gasteiger partial charge on any atom is 0.325 e. The Morgan fingerprint density at radius 2 is 2.12 bits per heavy atom. The van der Waals surface area contributed by atoms with Gasteiger partial charge in [0.15, 0.2) is 0 Å². The summed E-state index contributed by atoms with van der Waals surface area (Å²) in [5.74, 6) is -0.372. The minimum absolute atomic E-state index is 0.297. The summed E-state index contributed by atoms with van der Waals surface area (Å²) in [6, 6.07) is 0. The van der Waals surface area contributed by atoms with Gasteiger partial charge in [-0.25, -0.2) is 0 Å². The molecule has 0 radical (unpaired) electrons. The number of rotatable bonds is 6. The molecule has 1 saturated heterocycles. The highest BCUT2D eigenvalue weighted by Gasteiger charge is 2.28. The van der Waals surface area contributed by atoms with Crippen LogP contribution in [0, 0.1) is 0 Å². The van der Waals surface area contributed by atoms with Crippen molar-refractivity contribution in [1.82, 2.24) is 0 Å². The molecule has 100 valence electrons. The molecule has 0 aromatic heterocycles. The van der Waals surface area contributed by atoms with Gasteiger partial charge in [-0.2, -0.15) is 0 Å². The number of ether oxygens (including phenoxy) is 3. The van der Waals surface area contributed by atoms with Crippen molar-refractivity contribution in [2.75, 3.05) is 26.9 Å². The third-order valence-electron chi connectivity index (χ3n) is 3.01. The highest BCUT2D eigenvalue weighted by molar-refractivity contribution is 5.79. The summed E-state index contributed by atoms with van der Waals surface area (Å²) in [6.07, 6.45) is 3.54. The zero-order chi connectivity index (χ0) is 12.7. The van der Waals surface area contributed by atoms with Crippen LogP contribution < -0.4 is 5.73 Å². The summed E-state index contributed by atoms with van der Waals surface area (Å²) < 4.78 is 15.6.